The lowest BCUT2D eigenvalue weighted by molar-refractivity contribution is -0.249. The lowest BCUT2D eigenvalue weighted by Crippen LogP contribution is -2.39. The maximum absolute atomic E-state index is 5.60. The van der Waals surface area contributed by atoms with E-state index in [1.807, 2.05) is 20.8 Å². The minimum absolute atomic E-state index is 0.391. The van der Waals surface area contributed by atoms with Gasteiger partial charge in [0.05, 0.1) is 0 Å². The summed E-state index contributed by atoms with van der Waals surface area (Å²) in [5, 5.41) is 0. The van der Waals surface area contributed by atoms with Gasteiger partial charge < -0.3 is 9.47 Å². The average Bonchev–Trinajstić information content (AvgIpc) is 2.04. The second kappa shape index (κ2) is 5.55. The summed E-state index contributed by atoms with van der Waals surface area (Å²) in [6.45, 7) is 11.8. The molecule has 0 aliphatic heterocycles. The molecule has 1 atom stereocenters. The Kier molecular flexibility index (Phi) is 5.51. The minimum atomic E-state index is -0.391. The van der Waals surface area contributed by atoms with Crippen LogP contribution in [-0.4, -0.2) is 19.0 Å². The smallest absolute Gasteiger partial charge is 0.167 e. The van der Waals surface area contributed by atoms with Gasteiger partial charge in [-0.05, 0) is 27.2 Å². The average molecular weight is 174 g/mol. The van der Waals surface area contributed by atoms with E-state index < -0.39 is 5.79 Å². The fourth-order valence-electron chi connectivity index (χ4n) is 1.27. The van der Waals surface area contributed by atoms with E-state index in [4.69, 9.17) is 9.47 Å². The third-order valence-electron chi connectivity index (χ3n) is 2.37. The second-order valence-corrected chi connectivity index (χ2v) is 3.19. The van der Waals surface area contributed by atoms with E-state index >= 15 is 0 Å². The molecular formula is C10H22O2. The van der Waals surface area contributed by atoms with Crippen LogP contribution in [0.15, 0.2) is 0 Å². The summed E-state index contributed by atoms with van der Waals surface area (Å²) in [5.41, 5.74) is 0. The fraction of sp³-hybridized carbons (Fsp3) is 1.00. The SMILES string of the molecule is CCOC(C)(OCC)C(C)CC. The molecule has 12 heavy (non-hydrogen) atoms. The summed E-state index contributed by atoms with van der Waals surface area (Å²) in [6, 6.07) is 0. The molecule has 0 spiro atoms. The maximum atomic E-state index is 5.60. The van der Waals surface area contributed by atoms with Crippen LogP contribution in [-0.2, 0) is 9.47 Å². The predicted octanol–water partition coefficient (Wildman–Crippen LogP) is 2.82. The van der Waals surface area contributed by atoms with Gasteiger partial charge in [-0.2, -0.15) is 0 Å². The molecule has 0 saturated carbocycles. The summed E-state index contributed by atoms with van der Waals surface area (Å²) >= 11 is 0. The van der Waals surface area contributed by atoms with Crippen molar-refractivity contribution < 1.29 is 9.47 Å². The van der Waals surface area contributed by atoms with Crippen molar-refractivity contribution in [3.63, 3.8) is 0 Å². The zero-order valence-corrected chi connectivity index (χ0v) is 9.02. The van der Waals surface area contributed by atoms with Crippen molar-refractivity contribution in [2.75, 3.05) is 13.2 Å². The third kappa shape index (κ3) is 3.11. The molecule has 1 unspecified atom stereocenters. The van der Waals surface area contributed by atoms with Gasteiger partial charge in [-0.1, -0.05) is 13.8 Å². The van der Waals surface area contributed by atoms with Crippen LogP contribution in [0.25, 0.3) is 0 Å². The lowest BCUT2D eigenvalue weighted by atomic mass is 9.99. The quantitative estimate of drug-likeness (QED) is 0.576. The zero-order valence-electron chi connectivity index (χ0n) is 9.02. The summed E-state index contributed by atoms with van der Waals surface area (Å²) in [7, 11) is 0. The normalized spacial score (nSPS) is 14.8. The van der Waals surface area contributed by atoms with Crippen molar-refractivity contribution >= 4 is 0 Å². The first kappa shape index (κ1) is 11.9. The van der Waals surface area contributed by atoms with Gasteiger partial charge in [-0.15, -0.1) is 0 Å². The van der Waals surface area contributed by atoms with Crippen molar-refractivity contribution in [2.45, 2.75) is 46.8 Å². The van der Waals surface area contributed by atoms with Gasteiger partial charge in [-0.25, -0.2) is 0 Å². The molecular weight excluding hydrogens is 152 g/mol. The van der Waals surface area contributed by atoms with Gasteiger partial charge in [-0.3, -0.25) is 0 Å². The molecule has 0 N–H and O–H groups in total. The van der Waals surface area contributed by atoms with E-state index in [9.17, 15) is 0 Å². The van der Waals surface area contributed by atoms with Gasteiger partial charge in [0.15, 0.2) is 5.79 Å². The molecule has 2 nitrogen and oxygen atoms in total. The van der Waals surface area contributed by atoms with E-state index in [2.05, 4.69) is 13.8 Å². The topological polar surface area (TPSA) is 18.5 Å². The third-order valence-corrected chi connectivity index (χ3v) is 2.37. The van der Waals surface area contributed by atoms with E-state index in [0.29, 0.717) is 19.1 Å². The van der Waals surface area contributed by atoms with E-state index in [-0.39, 0.29) is 0 Å². The summed E-state index contributed by atoms with van der Waals surface area (Å²) in [5.74, 6) is 0.0514. The molecule has 0 radical (unpaired) electrons. The lowest BCUT2D eigenvalue weighted by Gasteiger charge is -2.34. The van der Waals surface area contributed by atoms with Crippen molar-refractivity contribution in [1.29, 1.82) is 0 Å². The van der Waals surface area contributed by atoms with E-state index in [0.717, 1.165) is 6.42 Å². The molecule has 0 aromatic rings. The van der Waals surface area contributed by atoms with Crippen LogP contribution in [0.4, 0.5) is 0 Å². The fourth-order valence-corrected chi connectivity index (χ4v) is 1.27. The monoisotopic (exact) mass is 174 g/mol. The highest BCUT2D eigenvalue weighted by Gasteiger charge is 2.30. The Bertz CT molecular complexity index is 106. The van der Waals surface area contributed by atoms with Gasteiger partial charge in [0, 0.05) is 19.1 Å². The molecule has 0 heterocycles. The summed E-state index contributed by atoms with van der Waals surface area (Å²) in [4.78, 5) is 0. The first-order valence-corrected chi connectivity index (χ1v) is 4.88. The van der Waals surface area contributed by atoms with Gasteiger partial charge >= 0.3 is 0 Å². The summed E-state index contributed by atoms with van der Waals surface area (Å²) in [6.07, 6.45) is 1.08. The molecule has 0 bridgehead atoms. The largest absolute Gasteiger partial charge is 0.350 e. The Balaban J connectivity index is 4.15. The van der Waals surface area contributed by atoms with Crippen molar-refractivity contribution in [2.24, 2.45) is 5.92 Å². The maximum Gasteiger partial charge on any atom is 0.167 e. The van der Waals surface area contributed by atoms with E-state index in [1.165, 1.54) is 0 Å². The number of hydrogen-bond acceptors (Lipinski definition) is 2. The Hall–Kier alpha value is -0.0800. The highest BCUT2D eigenvalue weighted by molar-refractivity contribution is 4.69. The Labute approximate surface area is 76.3 Å². The molecule has 0 aromatic heterocycles. The first-order valence-electron chi connectivity index (χ1n) is 4.88. The van der Waals surface area contributed by atoms with Crippen LogP contribution in [0.1, 0.15) is 41.0 Å². The highest BCUT2D eigenvalue weighted by atomic mass is 16.7. The Morgan fingerprint density at radius 3 is 1.75 bits per heavy atom. The van der Waals surface area contributed by atoms with Crippen LogP contribution in [0.2, 0.25) is 0 Å². The number of hydrogen-bond donors (Lipinski definition) is 0. The molecule has 0 saturated heterocycles. The van der Waals surface area contributed by atoms with Crippen LogP contribution in [0.5, 0.6) is 0 Å². The van der Waals surface area contributed by atoms with Crippen LogP contribution in [0.3, 0.4) is 0 Å². The van der Waals surface area contributed by atoms with E-state index in [1.54, 1.807) is 0 Å². The van der Waals surface area contributed by atoms with Crippen LogP contribution in [0, 0.1) is 5.92 Å². The minimum Gasteiger partial charge on any atom is -0.350 e. The molecule has 0 aromatic carbocycles. The van der Waals surface area contributed by atoms with Crippen LogP contribution >= 0.6 is 0 Å². The van der Waals surface area contributed by atoms with Crippen molar-refractivity contribution in [1.82, 2.24) is 0 Å². The molecule has 0 amide bonds. The van der Waals surface area contributed by atoms with Crippen molar-refractivity contribution in [3.8, 4) is 0 Å². The van der Waals surface area contributed by atoms with Crippen molar-refractivity contribution in [3.05, 3.63) is 0 Å². The molecule has 2 heteroatoms. The number of ether oxygens (including phenoxy) is 2. The zero-order chi connectivity index (χ0) is 9.61. The Morgan fingerprint density at radius 2 is 1.50 bits per heavy atom. The van der Waals surface area contributed by atoms with Gasteiger partial charge in [0.1, 0.15) is 0 Å². The molecule has 0 rings (SSSR count). The molecule has 0 fully saturated rings. The van der Waals surface area contributed by atoms with Crippen LogP contribution < -0.4 is 0 Å². The summed E-state index contributed by atoms with van der Waals surface area (Å²) < 4.78 is 11.2. The predicted molar refractivity (Wildman–Crippen MR) is 51.1 cm³/mol. The standard InChI is InChI=1S/C10H22O2/c1-6-9(4)10(5,11-7-2)12-8-3/h9H,6-8H2,1-5H3. The first-order chi connectivity index (χ1) is 5.60. The molecule has 0 aliphatic carbocycles. The molecule has 74 valence electrons. The highest BCUT2D eigenvalue weighted by Crippen LogP contribution is 2.25. The number of rotatable bonds is 6. The molecule has 0 aliphatic rings. The van der Waals surface area contributed by atoms with Gasteiger partial charge in [0.2, 0.25) is 0 Å². The van der Waals surface area contributed by atoms with Gasteiger partial charge in [0.25, 0.3) is 0 Å². The Morgan fingerprint density at radius 1 is 1.08 bits per heavy atom. The second-order valence-electron chi connectivity index (χ2n) is 3.19.